The molecule has 188 valence electrons. The lowest BCUT2D eigenvalue weighted by molar-refractivity contribution is -0.125. The van der Waals surface area contributed by atoms with Crippen molar-refractivity contribution in [3.8, 4) is 17.2 Å². The van der Waals surface area contributed by atoms with Gasteiger partial charge < -0.3 is 20.2 Å². The summed E-state index contributed by atoms with van der Waals surface area (Å²) in [6, 6.07) is 23.1. The van der Waals surface area contributed by atoms with E-state index in [9.17, 15) is 20.0 Å². The van der Waals surface area contributed by atoms with Crippen molar-refractivity contribution in [1.82, 2.24) is 10.2 Å². The van der Waals surface area contributed by atoms with Crippen LogP contribution in [-0.2, 0) is 9.63 Å². The van der Waals surface area contributed by atoms with Crippen LogP contribution < -0.4 is 5.32 Å². The van der Waals surface area contributed by atoms with Gasteiger partial charge in [0.15, 0.2) is 0 Å². The first-order valence-electron chi connectivity index (χ1n) is 11.9. The highest BCUT2D eigenvalue weighted by Gasteiger charge is 2.38. The first-order chi connectivity index (χ1) is 17.9. The number of carbonyl (C=O) groups excluding carboxylic acids is 2. The van der Waals surface area contributed by atoms with Crippen LogP contribution in [0.15, 0.2) is 78.0 Å². The molecule has 1 unspecified atom stereocenters. The van der Waals surface area contributed by atoms with E-state index >= 15 is 0 Å². The van der Waals surface area contributed by atoms with Crippen LogP contribution in [0.2, 0.25) is 0 Å². The summed E-state index contributed by atoms with van der Waals surface area (Å²) < 4.78 is 0. The molecule has 0 aromatic heterocycles. The molecule has 2 atom stereocenters. The lowest BCUT2D eigenvalue weighted by Gasteiger charge is -2.24. The highest BCUT2D eigenvalue weighted by molar-refractivity contribution is 6.05. The Morgan fingerprint density at radius 2 is 1.86 bits per heavy atom. The van der Waals surface area contributed by atoms with Gasteiger partial charge in [0.2, 0.25) is 5.91 Å². The number of amides is 2. The van der Waals surface area contributed by atoms with Crippen molar-refractivity contribution >= 4 is 17.5 Å². The summed E-state index contributed by atoms with van der Waals surface area (Å²) in [5.74, 6) is -0.677. The molecule has 8 heteroatoms. The monoisotopic (exact) mass is 496 g/mol. The Morgan fingerprint density at radius 1 is 1.14 bits per heavy atom. The highest BCUT2D eigenvalue weighted by Crippen LogP contribution is 2.27. The fraction of sp³-hybridized carbons (Fsp3) is 0.241. The third-order valence-electron chi connectivity index (χ3n) is 6.49. The molecule has 1 fully saturated rings. The summed E-state index contributed by atoms with van der Waals surface area (Å²) in [5, 5.41) is 26.5. The van der Waals surface area contributed by atoms with Crippen LogP contribution >= 0.6 is 0 Å². The topological polar surface area (TPSA) is 115 Å². The number of oxime groups is 1. The van der Waals surface area contributed by atoms with Gasteiger partial charge >= 0.3 is 0 Å². The number of nitrogens with zero attached hydrogens (tertiary/aromatic N) is 3. The molecule has 0 radical (unpaired) electrons. The molecule has 0 bridgehead atoms. The number of likely N-dealkylation sites (tertiary alicyclic amines) is 1. The van der Waals surface area contributed by atoms with E-state index in [-0.39, 0.29) is 31.3 Å². The van der Waals surface area contributed by atoms with Crippen molar-refractivity contribution in [3.05, 3.63) is 95.1 Å². The number of rotatable bonds is 7. The zero-order valence-electron chi connectivity index (χ0n) is 20.7. The van der Waals surface area contributed by atoms with Crippen LogP contribution in [-0.4, -0.2) is 53.8 Å². The summed E-state index contributed by atoms with van der Waals surface area (Å²) >= 11 is 0. The minimum absolute atomic E-state index is 0.0218. The van der Waals surface area contributed by atoms with Crippen LogP contribution in [0.25, 0.3) is 11.1 Å². The quantitative estimate of drug-likeness (QED) is 0.485. The fourth-order valence-electron chi connectivity index (χ4n) is 4.48. The Morgan fingerprint density at radius 3 is 2.54 bits per heavy atom. The predicted octanol–water partition coefficient (Wildman–Crippen LogP) is 3.60. The highest BCUT2D eigenvalue weighted by atomic mass is 16.6. The van der Waals surface area contributed by atoms with Gasteiger partial charge in [0.1, 0.15) is 13.2 Å². The van der Waals surface area contributed by atoms with Crippen LogP contribution in [0.5, 0.6) is 0 Å². The van der Waals surface area contributed by atoms with Gasteiger partial charge in [0.05, 0.1) is 30.0 Å². The summed E-state index contributed by atoms with van der Waals surface area (Å²) in [6.45, 7) is 2.08. The molecule has 3 aromatic carbocycles. The molecule has 0 aliphatic carbocycles. The van der Waals surface area contributed by atoms with Crippen LogP contribution in [0.1, 0.15) is 39.6 Å². The number of hydrogen-bond donors (Lipinski definition) is 2. The Balaban J connectivity index is 1.50. The van der Waals surface area contributed by atoms with E-state index in [4.69, 9.17) is 4.84 Å². The van der Waals surface area contributed by atoms with E-state index < -0.39 is 12.1 Å². The zero-order valence-corrected chi connectivity index (χ0v) is 20.7. The second-order valence-corrected chi connectivity index (χ2v) is 8.83. The standard InChI is InChI=1S/C29H28N4O4/c1-19-23(16-30)9-6-10-25(19)20-11-13-22(14-12-20)29(36)33-18-24(32-37-2)15-26(33)28(35)31-17-27(34)21-7-4-3-5-8-21/h3-14,26-27,34H,15,17-18H2,1-2H3,(H,31,35)/b32-24-/t26-,27?/m0/s1. The second kappa shape index (κ2) is 11.5. The van der Waals surface area contributed by atoms with Gasteiger partial charge in [-0.2, -0.15) is 5.26 Å². The smallest absolute Gasteiger partial charge is 0.254 e. The molecule has 2 N–H and O–H groups in total. The van der Waals surface area contributed by atoms with Gasteiger partial charge in [0.25, 0.3) is 5.91 Å². The van der Waals surface area contributed by atoms with Gasteiger partial charge in [-0.15, -0.1) is 0 Å². The third-order valence-corrected chi connectivity index (χ3v) is 6.49. The maximum Gasteiger partial charge on any atom is 0.254 e. The number of aliphatic hydroxyl groups is 1. The van der Waals surface area contributed by atoms with E-state index in [1.807, 2.05) is 49.4 Å². The fourth-order valence-corrected chi connectivity index (χ4v) is 4.48. The number of hydrogen-bond acceptors (Lipinski definition) is 6. The van der Waals surface area contributed by atoms with E-state index in [0.29, 0.717) is 22.4 Å². The molecule has 1 saturated heterocycles. The number of benzene rings is 3. The molecule has 1 heterocycles. The Hall–Kier alpha value is -4.48. The lowest BCUT2D eigenvalue weighted by atomic mass is 9.96. The van der Waals surface area contributed by atoms with Crippen molar-refractivity contribution in [1.29, 1.82) is 5.26 Å². The van der Waals surface area contributed by atoms with Gasteiger partial charge in [-0.3, -0.25) is 9.59 Å². The summed E-state index contributed by atoms with van der Waals surface area (Å²) in [6.07, 6.45) is -0.621. The normalized spacial score (nSPS) is 16.8. The molecule has 37 heavy (non-hydrogen) atoms. The number of aliphatic hydroxyl groups excluding tert-OH is 1. The van der Waals surface area contributed by atoms with Crippen molar-refractivity contribution in [2.24, 2.45) is 5.16 Å². The van der Waals surface area contributed by atoms with Crippen molar-refractivity contribution in [2.75, 3.05) is 20.2 Å². The largest absolute Gasteiger partial charge is 0.399 e. The molecule has 0 spiro atoms. The van der Waals surface area contributed by atoms with Crippen LogP contribution in [0, 0.1) is 18.3 Å². The average Bonchev–Trinajstić information content (AvgIpc) is 3.36. The summed E-state index contributed by atoms with van der Waals surface area (Å²) in [7, 11) is 1.42. The van der Waals surface area contributed by atoms with Gasteiger partial charge in [-0.1, -0.05) is 59.8 Å². The Bertz CT molecular complexity index is 1350. The van der Waals surface area contributed by atoms with Crippen molar-refractivity contribution in [2.45, 2.75) is 25.5 Å². The molecular formula is C29H28N4O4. The molecule has 8 nitrogen and oxygen atoms in total. The molecule has 3 aromatic rings. The first kappa shape index (κ1) is 25.6. The number of nitriles is 1. The number of nitrogens with one attached hydrogen (secondary N) is 1. The average molecular weight is 497 g/mol. The van der Waals surface area contributed by atoms with Gasteiger partial charge in [-0.05, 0) is 47.4 Å². The number of carbonyl (C=O) groups is 2. The SMILES string of the molecule is CO/N=C1/C[C@@H](C(=O)NCC(O)c2ccccc2)N(C(=O)c2ccc(-c3cccc(C#N)c3C)cc2)C1. The zero-order chi connectivity index (χ0) is 26.4. The summed E-state index contributed by atoms with van der Waals surface area (Å²) in [4.78, 5) is 32.9. The third kappa shape index (κ3) is 5.68. The molecule has 1 aliphatic heterocycles. The second-order valence-electron chi connectivity index (χ2n) is 8.83. The lowest BCUT2D eigenvalue weighted by Crippen LogP contribution is -2.46. The predicted molar refractivity (Wildman–Crippen MR) is 140 cm³/mol. The molecular weight excluding hydrogens is 468 g/mol. The molecule has 4 rings (SSSR count). The maximum atomic E-state index is 13.4. The summed E-state index contributed by atoms with van der Waals surface area (Å²) in [5.41, 5.74) is 4.99. The van der Waals surface area contributed by atoms with E-state index in [1.54, 1.807) is 30.3 Å². The van der Waals surface area contributed by atoms with Crippen LogP contribution in [0.3, 0.4) is 0 Å². The first-order valence-corrected chi connectivity index (χ1v) is 11.9. The maximum absolute atomic E-state index is 13.4. The Labute approximate surface area is 215 Å². The molecule has 1 aliphatic rings. The molecule has 2 amide bonds. The minimum Gasteiger partial charge on any atom is -0.399 e. The van der Waals surface area contributed by atoms with Crippen LogP contribution in [0.4, 0.5) is 0 Å². The van der Waals surface area contributed by atoms with Gasteiger partial charge in [0, 0.05) is 18.5 Å². The van der Waals surface area contributed by atoms with Crippen molar-refractivity contribution < 1.29 is 19.5 Å². The van der Waals surface area contributed by atoms with E-state index in [0.717, 1.165) is 16.7 Å². The Kier molecular flexibility index (Phi) is 7.96. The minimum atomic E-state index is -0.863. The van der Waals surface area contributed by atoms with Gasteiger partial charge in [-0.25, -0.2) is 0 Å². The van der Waals surface area contributed by atoms with E-state index in [1.165, 1.54) is 12.0 Å². The van der Waals surface area contributed by atoms with Crippen molar-refractivity contribution in [3.63, 3.8) is 0 Å². The van der Waals surface area contributed by atoms with E-state index in [2.05, 4.69) is 16.5 Å². The molecule has 0 saturated carbocycles.